The van der Waals surface area contributed by atoms with Gasteiger partial charge in [0.1, 0.15) is 0 Å². The van der Waals surface area contributed by atoms with Crippen LogP contribution in [0.3, 0.4) is 0 Å². The van der Waals surface area contributed by atoms with Crippen molar-refractivity contribution in [1.82, 2.24) is 0 Å². The van der Waals surface area contributed by atoms with Gasteiger partial charge in [-0.2, -0.15) is 83.4 Å². The number of esters is 1. The number of halogens is 19. The van der Waals surface area contributed by atoms with Crippen molar-refractivity contribution in [3.63, 3.8) is 0 Å². The van der Waals surface area contributed by atoms with Crippen LogP contribution < -0.4 is 0 Å². The number of alkyl halides is 19. The van der Waals surface area contributed by atoms with E-state index < -0.39 is 71.5 Å². The van der Waals surface area contributed by atoms with Gasteiger partial charge in [0.05, 0.1) is 5.41 Å². The summed E-state index contributed by atoms with van der Waals surface area (Å²) in [5.74, 6) is -69.3. The van der Waals surface area contributed by atoms with E-state index in [2.05, 4.69) is 4.74 Å². The molecule has 0 saturated carbocycles. The average Bonchev–Trinajstić information content (AvgIpc) is 2.69. The van der Waals surface area contributed by atoms with Gasteiger partial charge in [-0.25, -0.2) is 0 Å². The van der Waals surface area contributed by atoms with Gasteiger partial charge in [0.15, 0.2) is 6.61 Å². The molecule has 0 saturated heterocycles. The summed E-state index contributed by atoms with van der Waals surface area (Å²) in [5.41, 5.74) is -1.83. The van der Waals surface area contributed by atoms with Gasteiger partial charge in [-0.1, -0.05) is 6.92 Å². The first-order valence-electron chi connectivity index (χ1n) is 8.95. The second-order valence-corrected chi connectivity index (χ2v) is 8.04. The van der Waals surface area contributed by atoms with E-state index >= 15 is 0 Å². The summed E-state index contributed by atoms with van der Waals surface area (Å²) >= 11 is 0. The summed E-state index contributed by atoms with van der Waals surface area (Å²) in [6.07, 6.45) is -8.25. The molecule has 0 fully saturated rings. The topological polar surface area (TPSA) is 26.3 Å². The van der Waals surface area contributed by atoms with Gasteiger partial charge in [-0.15, -0.1) is 0 Å². The van der Waals surface area contributed by atoms with E-state index in [-0.39, 0.29) is 6.42 Å². The zero-order valence-electron chi connectivity index (χ0n) is 17.9. The van der Waals surface area contributed by atoms with Gasteiger partial charge in [0.2, 0.25) is 0 Å². The zero-order valence-corrected chi connectivity index (χ0v) is 17.9. The van der Waals surface area contributed by atoms with Crippen LogP contribution in [-0.2, 0) is 9.53 Å². The second kappa shape index (κ2) is 9.11. The van der Waals surface area contributed by atoms with Crippen LogP contribution >= 0.6 is 0 Å². The SMILES string of the molecule is CCC(C)(C)C(=O)OCC(F)(F)C(F)(F)C(F)(F)C(F)(F)C(F)(F)C(F)(F)C(F)(F)C(F)(F)C(F)(F)F. The lowest BCUT2D eigenvalue weighted by Gasteiger charge is -2.43. The highest BCUT2D eigenvalue weighted by molar-refractivity contribution is 5.75. The number of hydrogen-bond acceptors (Lipinski definition) is 2. The van der Waals surface area contributed by atoms with Crippen molar-refractivity contribution in [1.29, 1.82) is 0 Å². The molecule has 0 aromatic carbocycles. The minimum Gasteiger partial charge on any atom is -0.459 e. The Morgan fingerprint density at radius 2 is 0.784 bits per heavy atom. The van der Waals surface area contributed by atoms with Crippen LogP contribution in [0.1, 0.15) is 27.2 Å². The van der Waals surface area contributed by atoms with Crippen LogP contribution in [0.5, 0.6) is 0 Å². The number of carbonyl (C=O) groups excluding carboxylic acids is 1. The van der Waals surface area contributed by atoms with Gasteiger partial charge in [0.25, 0.3) is 0 Å². The Morgan fingerprint density at radius 1 is 0.514 bits per heavy atom. The van der Waals surface area contributed by atoms with Crippen molar-refractivity contribution >= 4 is 5.97 Å². The van der Waals surface area contributed by atoms with Crippen LogP contribution in [0.2, 0.25) is 0 Å². The van der Waals surface area contributed by atoms with Crippen LogP contribution in [0.25, 0.3) is 0 Å². The first kappa shape index (κ1) is 35.1. The number of rotatable bonds is 11. The Balaban J connectivity index is 6.68. The highest BCUT2D eigenvalue weighted by Crippen LogP contribution is 2.65. The van der Waals surface area contributed by atoms with Crippen molar-refractivity contribution in [2.24, 2.45) is 5.41 Å². The quantitative estimate of drug-likeness (QED) is 0.181. The van der Waals surface area contributed by atoms with Crippen molar-refractivity contribution in [2.45, 2.75) is 80.7 Å². The Kier molecular flexibility index (Phi) is 8.66. The molecule has 0 radical (unpaired) electrons. The molecule has 0 aromatic heterocycles. The molecule has 2 nitrogen and oxygen atoms in total. The highest BCUT2D eigenvalue weighted by atomic mass is 19.4. The molecule has 0 heterocycles. The molecule has 0 amide bonds. The molecule has 0 aromatic rings. The van der Waals surface area contributed by atoms with E-state index in [0.717, 1.165) is 20.8 Å². The van der Waals surface area contributed by atoms with Crippen molar-refractivity contribution in [3.05, 3.63) is 0 Å². The lowest BCUT2D eigenvalue weighted by Crippen LogP contribution is -2.76. The minimum absolute atomic E-state index is 0.319. The fourth-order valence-electron chi connectivity index (χ4n) is 1.98. The first-order valence-corrected chi connectivity index (χ1v) is 8.95. The Morgan fingerprint density at radius 3 is 1.05 bits per heavy atom. The van der Waals surface area contributed by atoms with Crippen molar-refractivity contribution in [2.75, 3.05) is 6.61 Å². The van der Waals surface area contributed by atoms with E-state index in [1.54, 1.807) is 0 Å². The van der Waals surface area contributed by atoms with Crippen LogP contribution in [0, 0.1) is 5.41 Å². The predicted molar refractivity (Wildman–Crippen MR) is 80.7 cm³/mol. The van der Waals surface area contributed by atoms with Gasteiger partial charge in [-0.3, -0.25) is 4.79 Å². The third-order valence-electron chi connectivity index (χ3n) is 5.00. The standard InChI is InChI=1S/C16H13F19O2/c1-4-7(2,3)6(36)37-5-8(17,18)9(19,20)10(21,22)11(23,24)12(25,26)13(27,28)14(29,30)15(31,32)16(33,34)35/h4-5H2,1-3H3. The van der Waals surface area contributed by atoms with Gasteiger partial charge in [0, 0.05) is 0 Å². The minimum atomic E-state index is -8.98. The second-order valence-electron chi connectivity index (χ2n) is 8.04. The van der Waals surface area contributed by atoms with Crippen LogP contribution in [0.15, 0.2) is 0 Å². The Labute approximate surface area is 193 Å². The molecule has 0 atom stereocenters. The molecule has 0 bridgehead atoms. The molecule has 0 spiro atoms. The summed E-state index contributed by atoms with van der Waals surface area (Å²) in [4.78, 5) is 11.5. The van der Waals surface area contributed by atoms with Crippen molar-refractivity contribution in [3.8, 4) is 0 Å². The fourth-order valence-corrected chi connectivity index (χ4v) is 1.98. The maximum Gasteiger partial charge on any atom is 0.460 e. The maximum atomic E-state index is 13.7. The molecule has 0 aliphatic heterocycles. The largest absolute Gasteiger partial charge is 0.460 e. The average molecular weight is 598 g/mol. The Bertz CT molecular complexity index is 840. The van der Waals surface area contributed by atoms with Gasteiger partial charge < -0.3 is 4.74 Å². The first-order chi connectivity index (χ1) is 15.7. The van der Waals surface area contributed by atoms with Crippen molar-refractivity contribution < 1.29 is 92.9 Å². The van der Waals surface area contributed by atoms with Gasteiger partial charge in [-0.05, 0) is 20.3 Å². The molecular formula is C16H13F19O2. The normalized spacial score (nSPS) is 16.2. The number of carbonyl (C=O) groups is 1. The molecule has 0 rings (SSSR count). The molecule has 37 heavy (non-hydrogen) atoms. The molecule has 21 heteroatoms. The molecule has 0 N–H and O–H groups in total. The summed E-state index contributed by atoms with van der Waals surface area (Å²) in [6.45, 7) is -0.400. The summed E-state index contributed by atoms with van der Waals surface area (Å²) < 4.78 is 254. The maximum absolute atomic E-state index is 13.7. The van der Waals surface area contributed by atoms with Crippen LogP contribution in [-0.4, -0.2) is 66.1 Å². The molecule has 0 aliphatic rings. The number of ether oxygens (including phenoxy) is 1. The Hall–Kier alpha value is -1.86. The van der Waals surface area contributed by atoms with E-state index in [0.29, 0.717) is 0 Å². The van der Waals surface area contributed by atoms with E-state index in [4.69, 9.17) is 0 Å². The van der Waals surface area contributed by atoms with E-state index in [1.165, 1.54) is 0 Å². The lowest BCUT2D eigenvalue weighted by atomic mass is 9.87. The molecule has 0 aliphatic carbocycles. The number of hydrogen-bond donors (Lipinski definition) is 0. The molecule has 0 unspecified atom stereocenters. The third-order valence-corrected chi connectivity index (χ3v) is 5.00. The smallest absolute Gasteiger partial charge is 0.459 e. The monoisotopic (exact) mass is 598 g/mol. The zero-order chi connectivity index (χ0) is 30.7. The predicted octanol–water partition coefficient (Wildman–Crippen LogP) is 7.61. The fraction of sp³-hybridized carbons (Fsp3) is 0.938. The lowest BCUT2D eigenvalue weighted by molar-refractivity contribution is -0.469. The molecular weight excluding hydrogens is 585 g/mol. The summed E-state index contributed by atoms with van der Waals surface area (Å²) in [7, 11) is 0. The summed E-state index contributed by atoms with van der Waals surface area (Å²) in [5, 5.41) is 0. The molecule has 222 valence electrons. The third kappa shape index (κ3) is 4.87. The van der Waals surface area contributed by atoms with Gasteiger partial charge >= 0.3 is 59.5 Å². The van der Waals surface area contributed by atoms with Crippen LogP contribution in [0.4, 0.5) is 83.4 Å². The van der Waals surface area contributed by atoms with E-state index in [9.17, 15) is 88.2 Å². The summed E-state index contributed by atoms with van der Waals surface area (Å²) in [6, 6.07) is 0. The highest BCUT2D eigenvalue weighted by Gasteiger charge is 2.96. The van der Waals surface area contributed by atoms with E-state index in [1.807, 2.05) is 0 Å².